The van der Waals surface area contributed by atoms with Crippen molar-refractivity contribution in [3.8, 4) is 5.75 Å². The molecule has 1 atom stereocenters. The summed E-state index contributed by atoms with van der Waals surface area (Å²) < 4.78 is 13.4. The Morgan fingerprint density at radius 3 is 1.83 bits per heavy atom. The van der Waals surface area contributed by atoms with Gasteiger partial charge in [-0.15, -0.1) is 0 Å². The van der Waals surface area contributed by atoms with E-state index in [1.165, 1.54) is 10.4 Å². The van der Waals surface area contributed by atoms with Gasteiger partial charge in [0.25, 0.3) is 8.32 Å². The van der Waals surface area contributed by atoms with Gasteiger partial charge in [0.1, 0.15) is 12.4 Å². The number of hydrogen-bond acceptors (Lipinski definition) is 3. The Morgan fingerprint density at radius 1 is 0.766 bits per heavy atom. The number of carbonyl (C=O) groups excluding carboxylic acids is 1. The molecule has 0 spiro atoms. The molecule has 0 N–H and O–H groups in total. The molecule has 0 aromatic heterocycles. The first-order valence-electron chi connectivity index (χ1n) is 16.9. The van der Waals surface area contributed by atoms with Crippen molar-refractivity contribution in [1.29, 1.82) is 0 Å². The largest absolute Gasteiger partial charge is 0.489 e. The van der Waals surface area contributed by atoms with E-state index in [0.717, 1.165) is 49.8 Å². The highest BCUT2D eigenvalue weighted by molar-refractivity contribution is 6.99. The summed E-state index contributed by atoms with van der Waals surface area (Å²) in [7, 11) is -2.60. The molecular formula is C40H45Cl2NO3Si. The Kier molecular flexibility index (Phi) is 10.5. The van der Waals surface area contributed by atoms with Gasteiger partial charge in [-0.1, -0.05) is 135 Å². The van der Waals surface area contributed by atoms with Crippen LogP contribution in [-0.4, -0.2) is 31.8 Å². The molecule has 1 saturated carbocycles. The molecular weight excluding hydrogens is 641 g/mol. The molecule has 0 bridgehead atoms. The van der Waals surface area contributed by atoms with Gasteiger partial charge in [-0.05, 0) is 71.1 Å². The van der Waals surface area contributed by atoms with Gasteiger partial charge < -0.3 is 14.1 Å². The normalized spacial score (nSPS) is 20.4. The van der Waals surface area contributed by atoms with Gasteiger partial charge >= 0.3 is 0 Å². The SMILES string of the molecule is CC(C)(C)[Si](OC1CCC(C2CCN(Cc3c(Cl)cc(OCc4ccccc4)cc3Cl)C2=O)CC1)(c1ccccc1)c1ccccc1. The van der Waals surface area contributed by atoms with Gasteiger partial charge in [0.2, 0.25) is 5.91 Å². The van der Waals surface area contributed by atoms with Crippen LogP contribution in [0.1, 0.15) is 64.0 Å². The molecule has 1 aliphatic carbocycles. The maximum absolute atomic E-state index is 13.8. The quantitative estimate of drug-likeness (QED) is 0.156. The molecule has 2 aliphatic rings. The second kappa shape index (κ2) is 14.6. The predicted octanol–water partition coefficient (Wildman–Crippen LogP) is 9.06. The van der Waals surface area contributed by atoms with Crippen molar-refractivity contribution in [2.45, 2.75) is 77.2 Å². The summed E-state index contributed by atoms with van der Waals surface area (Å²) in [5.74, 6) is 1.24. The fourth-order valence-electron chi connectivity index (χ4n) is 7.65. The van der Waals surface area contributed by atoms with Gasteiger partial charge in [0.15, 0.2) is 0 Å². The highest BCUT2D eigenvalue weighted by Gasteiger charge is 2.52. The summed E-state index contributed by atoms with van der Waals surface area (Å²) in [4.78, 5) is 15.7. The molecule has 4 aromatic carbocycles. The maximum Gasteiger partial charge on any atom is 0.261 e. The summed E-state index contributed by atoms with van der Waals surface area (Å²) >= 11 is 13.4. The standard InChI is InChI=1S/C40H45Cl2NO3Si/c1-40(2,3)47(33-15-9-5-10-16-33,34-17-11-6-12-18-34)46-31-21-19-30(20-22-31)35-23-24-43(39(35)44)27-36-37(41)25-32(26-38(36)42)45-28-29-13-7-4-8-14-29/h4-18,25-26,30-31,35H,19-24,27-28H2,1-3H3. The average Bonchev–Trinajstić information content (AvgIpc) is 3.44. The van der Waals surface area contributed by atoms with Crippen molar-refractivity contribution >= 4 is 47.8 Å². The zero-order valence-corrected chi connectivity index (χ0v) is 30.1. The second-order valence-electron chi connectivity index (χ2n) is 14.1. The van der Waals surface area contributed by atoms with Crippen molar-refractivity contribution in [1.82, 2.24) is 4.90 Å². The van der Waals surface area contributed by atoms with Crippen LogP contribution >= 0.6 is 23.2 Å². The number of carbonyl (C=O) groups is 1. The van der Waals surface area contributed by atoms with Gasteiger partial charge in [-0.3, -0.25) is 4.79 Å². The Morgan fingerprint density at radius 2 is 1.30 bits per heavy atom. The number of likely N-dealkylation sites (tertiary alicyclic amines) is 1. The minimum atomic E-state index is -2.60. The Labute approximate surface area is 291 Å². The lowest BCUT2D eigenvalue weighted by Gasteiger charge is -2.46. The van der Waals surface area contributed by atoms with Crippen LogP contribution in [0.3, 0.4) is 0 Å². The minimum Gasteiger partial charge on any atom is -0.489 e. The third-order valence-electron chi connectivity index (χ3n) is 10.1. The molecule has 1 heterocycles. The molecule has 1 amide bonds. The minimum absolute atomic E-state index is 0.0369. The number of halogens is 2. The van der Waals surface area contributed by atoms with Crippen molar-refractivity contribution < 1.29 is 14.0 Å². The molecule has 6 rings (SSSR count). The van der Waals surface area contributed by atoms with Crippen LogP contribution in [0.25, 0.3) is 0 Å². The van der Waals surface area contributed by atoms with Gasteiger partial charge in [-0.2, -0.15) is 0 Å². The van der Waals surface area contributed by atoms with Crippen LogP contribution in [0.2, 0.25) is 15.1 Å². The molecule has 1 aliphatic heterocycles. The number of amides is 1. The predicted molar refractivity (Wildman–Crippen MR) is 195 cm³/mol. The smallest absolute Gasteiger partial charge is 0.261 e. The number of ether oxygens (including phenoxy) is 1. The lowest BCUT2D eigenvalue weighted by Crippen LogP contribution is -2.67. The first kappa shape index (κ1) is 33.8. The van der Waals surface area contributed by atoms with Crippen molar-refractivity contribution in [3.05, 3.63) is 124 Å². The van der Waals surface area contributed by atoms with Crippen LogP contribution in [0.15, 0.2) is 103 Å². The molecule has 7 heteroatoms. The third-order valence-corrected chi connectivity index (χ3v) is 15.9. The first-order valence-corrected chi connectivity index (χ1v) is 19.5. The zero-order valence-electron chi connectivity index (χ0n) is 27.6. The van der Waals surface area contributed by atoms with Crippen LogP contribution in [0.5, 0.6) is 5.75 Å². The van der Waals surface area contributed by atoms with Crippen LogP contribution in [0.4, 0.5) is 0 Å². The molecule has 0 radical (unpaired) electrons. The molecule has 1 saturated heterocycles. The van der Waals surface area contributed by atoms with Gasteiger partial charge in [0.05, 0.1) is 10.0 Å². The summed E-state index contributed by atoms with van der Waals surface area (Å²) in [5.41, 5.74) is 1.85. The van der Waals surface area contributed by atoms with E-state index in [1.54, 1.807) is 12.1 Å². The Hall–Kier alpha value is -3.09. The number of nitrogens with zero attached hydrogens (tertiary/aromatic N) is 1. The summed E-state index contributed by atoms with van der Waals surface area (Å²) in [6, 6.07) is 35.3. The Balaban J connectivity index is 1.09. The molecule has 1 unspecified atom stereocenters. The third kappa shape index (κ3) is 7.34. The van der Waals surface area contributed by atoms with E-state index in [2.05, 4.69) is 81.4 Å². The lowest BCUT2D eigenvalue weighted by atomic mass is 9.78. The number of rotatable bonds is 10. The second-order valence-corrected chi connectivity index (χ2v) is 19.2. The maximum atomic E-state index is 13.8. The lowest BCUT2D eigenvalue weighted by molar-refractivity contribution is -0.133. The highest BCUT2D eigenvalue weighted by atomic mass is 35.5. The van der Waals surface area contributed by atoms with E-state index in [4.69, 9.17) is 32.4 Å². The van der Waals surface area contributed by atoms with E-state index in [0.29, 0.717) is 34.9 Å². The van der Waals surface area contributed by atoms with Crippen LogP contribution in [-0.2, 0) is 22.4 Å². The van der Waals surface area contributed by atoms with Crippen molar-refractivity contribution in [2.24, 2.45) is 11.8 Å². The zero-order chi connectivity index (χ0) is 33.0. The van der Waals surface area contributed by atoms with Crippen molar-refractivity contribution in [3.63, 3.8) is 0 Å². The summed E-state index contributed by atoms with van der Waals surface area (Å²) in [5, 5.41) is 3.63. The Bertz CT molecular complexity index is 1570. The first-order chi connectivity index (χ1) is 22.7. The monoisotopic (exact) mass is 685 g/mol. The van der Waals surface area contributed by atoms with E-state index in [-0.39, 0.29) is 23.0 Å². The van der Waals surface area contributed by atoms with E-state index in [1.807, 2.05) is 35.2 Å². The highest BCUT2D eigenvalue weighted by Crippen LogP contribution is 2.42. The van der Waals surface area contributed by atoms with Crippen LogP contribution < -0.4 is 15.1 Å². The summed E-state index contributed by atoms with van der Waals surface area (Å²) in [6.45, 7) is 8.57. The molecule has 246 valence electrons. The van der Waals surface area contributed by atoms with Gasteiger partial charge in [0, 0.05) is 30.7 Å². The van der Waals surface area contributed by atoms with Crippen molar-refractivity contribution in [2.75, 3.05) is 6.54 Å². The van der Waals surface area contributed by atoms with Crippen LogP contribution in [0, 0.1) is 11.8 Å². The molecule has 47 heavy (non-hydrogen) atoms. The van der Waals surface area contributed by atoms with Gasteiger partial charge in [-0.25, -0.2) is 0 Å². The molecule has 4 nitrogen and oxygen atoms in total. The molecule has 2 fully saturated rings. The fourth-order valence-corrected chi connectivity index (χ4v) is 13.0. The number of benzene rings is 4. The molecule has 4 aromatic rings. The van der Waals surface area contributed by atoms with E-state index < -0.39 is 8.32 Å². The topological polar surface area (TPSA) is 38.8 Å². The van der Waals surface area contributed by atoms with E-state index >= 15 is 0 Å². The number of hydrogen-bond donors (Lipinski definition) is 0. The summed E-state index contributed by atoms with van der Waals surface area (Å²) in [6.07, 6.45) is 4.99. The fraction of sp³-hybridized carbons (Fsp3) is 0.375. The van der Waals surface area contributed by atoms with E-state index in [9.17, 15) is 4.79 Å². The average molecular weight is 687 g/mol.